The average Bonchev–Trinajstić information content (AvgIpc) is 2.31. The topological polar surface area (TPSA) is 74.5 Å². The quantitative estimate of drug-likeness (QED) is 0.635. The van der Waals surface area contributed by atoms with E-state index in [1.54, 1.807) is 6.07 Å². The zero-order valence-corrected chi connectivity index (χ0v) is 10.4. The lowest BCUT2D eigenvalue weighted by Crippen LogP contribution is -2.16. The Morgan fingerprint density at radius 2 is 2.17 bits per heavy atom. The molecule has 0 aromatic heterocycles. The molecule has 5 heteroatoms. The maximum absolute atomic E-state index is 10.9. The van der Waals surface area contributed by atoms with Crippen molar-refractivity contribution in [1.82, 2.24) is 5.43 Å². The van der Waals surface area contributed by atoms with Crippen LogP contribution in [-0.2, 0) is 4.79 Å². The van der Waals surface area contributed by atoms with Crippen molar-refractivity contribution in [1.29, 1.82) is 5.26 Å². The molecule has 1 aromatic rings. The molecule has 0 aliphatic heterocycles. The number of hydrogen-bond donors (Lipinski definition) is 1. The largest absolute Gasteiger partial charge is 0.491 e. The highest BCUT2D eigenvalue weighted by Gasteiger charge is 1.97. The summed E-state index contributed by atoms with van der Waals surface area (Å²) in [7, 11) is 0. The molecule has 0 saturated heterocycles. The van der Waals surface area contributed by atoms with E-state index in [0.29, 0.717) is 0 Å². The van der Waals surface area contributed by atoms with Gasteiger partial charge >= 0.3 is 0 Å². The number of amides is 1. The summed E-state index contributed by atoms with van der Waals surface area (Å²) in [6.45, 7) is 3.92. The summed E-state index contributed by atoms with van der Waals surface area (Å²) in [5.41, 5.74) is 3.09. The van der Waals surface area contributed by atoms with Crippen LogP contribution in [0, 0.1) is 11.3 Å². The van der Waals surface area contributed by atoms with Crippen molar-refractivity contribution in [2.75, 3.05) is 0 Å². The van der Waals surface area contributed by atoms with Crippen LogP contribution in [0.3, 0.4) is 0 Å². The zero-order valence-electron chi connectivity index (χ0n) is 10.4. The van der Waals surface area contributed by atoms with Gasteiger partial charge in [0.1, 0.15) is 12.2 Å². The molecular formula is C13H15N3O2. The molecule has 0 atom stereocenters. The Balaban J connectivity index is 2.51. The molecule has 1 rings (SSSR count). The Morgan fingerprint density at radius 3 is 2.72 bits per heavy atom. The van der Waals surface area contributed by atoms with Crippen molar-refractivity contribution >= 4 is 12.1 Å². The molecule has 0 radical (unpaired) electrons. The van der Waals surface area contributed by atoms with Gasteiger partial charge in [-0.2, -0.15) is 10.4 Å². The lowest BCUT2D eigenvalue weighted by molar-refractivity contribution is -0.120. The lowest BCUT2D eigenvalue weighted by atomic mass is 10.2. The second-order valence-electron chi connectivity index (χ2n) is 3.86. The van der Waals surface area contributed by atoms with E-state index in [-0.39, 0.29) is 12.5 Å². The molecular weight excluding hydrogens is 230 g/mol. The third kappa shape index (κ3) is 5.12. The maximum Gasteiger partial charge on any atom is 0.254 e. The van der Waals surface area contributed by atoms with E-state index < -0.39 is 5.91 Å². The Labute approximate surface area is 106 Å². The van der Waals surface area contributed by atoms with Gasteiger partial charge in [-0.3, -0.25) is 4.79 Å². The monoisotopic (exact) mass is 245 g/mol. The van der Waals surface area contributed by atoms with Crippen molar-refractivity contribution in [3.05, 3.63) is 29.8 Å². The summed E-state index contributed by atoms with van der Waals surface area (Å²) in [5.74, 6) is 0.365. The molecule has 0 heterocycles. The number of hydrogen-bond acceptors (Lipinski definition) is 4. The normalized spacial score (nSPS) is 10.3. The number of nitriles is 1. The van der Waals surface area contributed by atoms with Crippen LogP contribution < -0.4 is 10.2 Å². The van der Waals surface area contributed by atoms with Crippen LogP contribution in [0.15, 0.2) is 29.4 Å². The number of benzene rings is 1. The van der Waals surface area contributed by atoms with Gasteiger partial charge in [-0.15, -0.1) is 0 Å². The number of ether oxygens (including phenoxy) is 1. The van der Waals surface area contributed by atoms with Gasteiger partial charge in [0.25, 0.3) is 5.91 Å². The molecule has 0 unspecified atom stereocenters. The van der Waals surface area contributed by atoms with Crippen LogP contribution in [-0.4, -0.2) is 18.2 Å². The van der Waals surface area contributed by atoms with E-state index in [4.69, 9.17) is 10.00 Å². The van der Waals surface area contributed by atoms with E-state index in [1.807, 2.05) is 38.1 Å². The minimum Gasteiger partial charge on any atom is -0.491 e. The second-order valence-corrected chi connectivity index (χ2v) is 3.86. The fourth-order valence-electron chi connectivity index (χ4n) is 1.19. The van der Waals surface area contributed by atoms with Gasteiger partial charge in [-0.05, 0) is 43.7 Å². The van der Waals surface area contributed by atoms with E-state index in [9.17, 15) is 4.79 Å². The SMILES string of the molecule is CC(C)Oc1ccc(/C=N/NC(=O)CC#N)cc1. The molecule has 0 aliphatic rings. The minimum absolute atomic E-state index is 0.134. The van der Waals surface area contributed by atoms with Crippen LogP contribution in [0.1, 0.15) is 25.8 Å². The van der Waals surface area contributed by atoms with E-state index in [0.717, 1.165) is 11.3 Å². The fourth-order valence-corrected chi connectivity index (χ4v) is 1.19. The van der Waals surface area contributed by atoms with Gasteiger partial charge in [0.05, 0.1) is 18.4 Å². The highest BCUT2D eigenvalue weighted by molar-refractivity contribution is 5.83. The number of nitrogens with zero attached hydrogens (tertiary/aromatic N) is 2. The Kier molecular flexibility index (Phi) is 5.39. The molecule has 0 saturated carbocycles. The molecule has 94 valence electrons. The van der Waals surface area contributed by atoms with Crippen molar-refractivity contribution in [2.24, 2.45) is 5.10 Å². The standard InChI is InChI=1S/C13H15N3O2/c1-10(2)18-12-5-3-11(4-6-12)9-15-16-13(17)7-8-14/h3-6,9-10H,7H2,1-2H3,(H,16,17)/b15-9+. The number of rotatable bonds is 5. The third-order valence-corrected chi connectivity index (χ3v) is 1.89. The lowest BCUT2D eigenvalue weighted by Gasteiger charge is -2.08. The third-order valence-electron chi connectivity index (χ3n) is 1.89. The van der Waals surface area contributed by atoms with E-state index >= 15 is 0 Å². The van der Waals surface area contributed by atoms with Gasteiger partial charge in [0.15, 0.2) is 0 Å². The van der Waals surface area contributed by atoms with Crippen molar-refractivity contribution < 1.29 is 9.53 Å². The van der Waals surface area contributed by atoms with Crippen molar-refractivity contribution in [3.63, 3.8) is 0 Å². The molecule has 0 fully saturated rings. The summed E-state index contributed by atoms with van der Waals surface area (Å²) in [4.78, 5) is 10.9. The number of carbonyl (C=O) groups is 1. The zero-order chi connectivity index (χ0) is 13.4. The fraction of sp³-hybridized carbons (Fsp3) is 0.308. The first kappa shape index (κ1) is 13.7. The Bertz CT molecular complexity index is 458. The highest BCUT2D eigenvalue weighted by atomic mass is 16.5. The average molecular weight is 245 g/mol. The molecule has 1 N–H and O–H groups in total. The van der Waals surface area contributed by atoms with Crippen LogP contribution >= 0.6 is 0 Å². The summed E-state index contributed by atoms with van der Waals surface area (Å²) < 4.78 is 5.49. The summed E-state index contributed by atoms with van der Waals surface area (Å²) in [5, 5.41) is 12.0. The summed E-state index contributed by atoms with van der Waals surface area (Å²) in [6, 6.07) is 9.06. The predicted octanol–water partition coefficient (Wildman–Crippen LogP) is 1.84. The first-order valence-electron chi connectivity index (χ1n) is 5.57. The Hall–Kier alpha value is -2.35. The molecule has 1 amide bonds. The molecule has 5 nitrogen and oxygen atoms in total. The number of hydrazone groups is 1. The van der Waals surface area contributed by atoms with Crippen molar-refractivity contribution in [2.45, 2.75) is 26.4 Å². The molecule has 0 aliphatic carbocycles. The summed E-state index contributed by atoms with van der Waals surface area (Å²) in [6.07, 6.45) is 1.45. The molecule has 0 spiro atoms. The van der Waals surface area contributed by atoms with Crippen LogP contribution in [0.2, 0.25) is 0 Å². The van der Waals surface area contributed by atoms with Crippen molar-refractivity contribution in [3.8, 4) is 11.8 Å². The molecule has 0 bridgehead atoms. The molecule has 1 aromatic carbocycles. The second kappa shape index (κ2) is 7.07. The Morgan fingerprint density at radius 1 is 1.50 bits per heavy atom. The van der Waals surface area contributed by atoms with Crippen LogP contribution in [0.4, 0.5) is 0 Å². The highest BCUT2D eigenvalue weighted by Crippen LogP contribution is 2.12. The van der Waals surface area contributed by atoms with Gasteiger partial charge in [-0.25, -0.2) is 5.43 Å². The van der Waals surface area contributed by atoms with Gasteiger partial charge in [0.2, 0.25) is 0 Å². The van der Waals surface area contributed by atoms with E-state index in [1.165, 1.54) is 6.21 Å². The molecule has 18 heavy (non-hydrogen) atoms. The minimum atomic E-state index is -0.423. The van der Waals surface area contributed by atoms with E-state index in [2.05, 4.69) is 10.5 Å². The number of nitrogens with one attached hydrogen (secondary N) is 1. The maximum atomic E-state index is 10.9. The predicted molar refractivity (Wildman–Crippen MR) is 68.2 cm³/mol. The van der Waals surface area contributed by atoms with Crippen LogP contribution in [0.5, 0.6) is 5.75 Å². The van der Waals surface area contributed by atoms with Crippen LogP contribution in [0.25, 0.3) is 0 Å². The van der Waals surface area contributed by atoms with Gasteiger partial charge in [0, 0.05) is 0 Å². The van der Waals surface area contributed by atoms with Gasteiger partial charge < -0.3 is 4.74 Å². The summed E-state index contributed by atoms with van der Waals surface area (Å²) >= 11 is 0. The first-order valence-corrected chi connectivity index (χ1v) is 5.57. The smallest absolute Gasteiger partial charge is 0.254 e. The van der Waals surface area contributed by atoms with Gasteiger partial charge in [-0.1, -0.05) is 0 Å². The first-order chi connectivity index (χ1) is 8.61. The number of carbonyl (C=O) groups excluding carboxylic acids is 1.